The number of ether oxygens (including phenoxy) is 1. The molecule has 0 atom stereocenters. The fraction of sp³-hybridized carbons (Fsp3) is 0.500. The molecule has 5 nitrogen and oxygen atoms in total. The van der Waals surface area contributed by atoms with Crippen LogP contribution in [0.25, 0.3) is 0 Å². The second-order valence-electron chi connectivity index (χ2n) is 5.14. The Bertz CT molecular complexity index is 599. The highest BCUT2D eigenvalue weighted by molar-refractivity contribution is 8.13. The number of hydrogen-bond acceptors (Lipinski definition) is 4. The second-order valence-corrected chi connectivity index (χ2v) is 7.71. The van der Waals surface area contributed by atoms with Crippen LogP contribution >= 0.6 is 10.7 Å². The van der Waals surface area contributed by atoms with Crippen LogP contribution in [0.3, 0.4) is 0 Å². The van der Waals surface area contributed by atoms with E-state index in [4.69, 9.17) is 15.4 Å². The van der Waals surface area contributed by atoms with Gasteiger partial charge in [0, 0.05) is 29.4 Å². The van der Waals surface area contributed by atoms with E-state index in [0.717, 1.165) is 0 Å². The van der Waals surface area contributed by atoms with Crippen LogP contribution in [0.1, 0.15) is 29.8 Å². The molecule has 21 heavy (non-hydrogen) atoms. The molecule has 1 amide bonds. The maximum atomic E-state index is 12.0. The molecule has 0 aromatic heterocycles. The van der Waals surface area contributed by atoms with Crippen LogP contribution in [0, 0.1) is 12.8 Å². The first-order valence-corrected chi connectivity index (χ1v) is 8.94. The van der Waals surface area contributed by atoms with E-state index in [0.29, 0.717) is 36.8 Å². The summed E-state index contributed by atoms with van der Waals surface area (Å²) in [5.41, 5.74) is 0.972. The summed E-state index contributed by atoms with van der Waals surface area (Å²) < 4.78 is 27.8. The minimum Gasteiger partial charge on any atom is -0.379 e. The van der Waals surface area contributed by atoms with Crippen molar-refractivity contribution in [2.24, 2.45) is 5.92 Å². The van der Waals surface area contributed by atoms with Crippen LogP contribution in [-0.2, 0) is 13.8 Å². The van der Waals surface area contributed by atoms with Crippen molar-refractivity contribution >= 4 is 25.6 Å². The van der Waals surface area contributed by atoms with Crippen LogP contribution in [-0.4, -0.2) is 34.1 Å². The predicted octanol–water partition coefficient (Wildman–Crippen LogP) is 2.32. The number of aryl methyl sites for hydroxylation is 1. The third-order valence-electron chi connectivity index (χ3n) is 2.71. The molecule has 1 N–H and O–H groups in total. The van der Waals surface area contributed by atoms with Gasteiger partial charge in [0.05, 0.1) is 11.5 Å². The zero-order chi connectivity index (χ0) is 16.0. The Labute approximate surface area is 130 Å². The molecule has 0 heterocycles. The van der Waals surface area contributed by atoms with Gasteiger partial charge in [-0.3, -0.25) is 4.79 Å². The fourth-order valence-corrected chi connectivity index (χ4v) is 2.53. The molecule has 1 aromatic rings. The first-order chi connectivity index (χ1) is 9.71. The molecular formula is C14H20ClNO4S. The fourth-order valence-electron chi connectivity index (χ4n) is 1.69. The summed E-state index contributed by atoms with van der Waals surface area (Å²) in [5, 5.41) is 2.73. The van der Waals surface area contributed by atoms with Gasteiger partial charge >= 0.3 is 0 Å². The number of carbonyl (C=O) groups is 1. The molecule has 0 saturated heterocycles. The monoisotopic (exact) mass is 333 g/mol. The van der Waals surface area contributed by atoms with Crippen LogP contribution < -0.4 is 5.32 Å². The Morgan fingerprint density at radius 2 is 2.05 bits per heavy atom. The van der Waals surface area contributed by atoms with Crippen molar-refractivity contribution in [3.63, 3.8) is 0 Å². The van der Waals surface area contributed by atoms with E-state index in [-0.39, 0.29) is 10.8 Å². The maximum Gasteiger partial charge on any atom is 0.261 e. The highest BCUT2D eigenvalue weighted by Crippen LogP contribution is 2.18. The van der Waals surface area contributed by atoms with Gasteiger partial charge < -0.3 is 10.1 Å². The number of amides is 1. The van der Waals surface area contributed by atoms with Gasteiger partial charge in [0.1, 0.15) is 0 Å². The van der Waals surface area contributed by atoms with Crippen molar-refractivity contribution in [2.75, 3.05) is 19.8 Å². The number of nitrogens with one attached hydrogen (secondary N) is 1. The standard InChI is InChI=1S/C14H20ClNO4S/c1-10(2)9-20-7-6-16-14(17)13-5-4-12(8-11(13)3)21(15,18)19/h4-5,8,10H,6-7,9H2,1-3H3,(H,16,17). The second kappa shape index (κ2) is 7.77. The number of rotatable bonds is 7. The molecule has 0 saturated carbocycles. The third-order valence-corrected chi connectivity index (χ3v) is 4.06. The average Bonchev–Trinajstić information content (AvgIpc) is 2.36. The first kappa shape index (κ1) is 17.9. The Morgan fingerprint density at radius 3 is 2.57 bits per heavy atom. The Morgan fingerprint density at radius 1 is 1.38 bits per heavy atom. The molecule has 1 rings (SSSR count). The molecule has 0 bridgehead atoms. The smallest absolute Gasteiger partial charge is 0.261 e. The highest BCUT2D eigenvalue weighted by Gasteiger charge is 2.14. The van der Waals surface area contributed by atoms with E-state index in [9.17, 15) is 13.2 Å². The quantitative estimate of drug-likeness (QED) is 0.614. The van der Waals surface area contributed by atoms with Crippen molar-refractivity contribution in [3.05, 3.63) is 29.3 Å². The summed E-state index contributed by atoms with van der Waals surface area (Å²) >= 11 is 0. The van der Waals surface area contributed by atoms with Gasteiger partial charge in [-0.2, -0.15) is 0 Å². The third kappa shape index (κ3) is 6.03. The predicted molar refractivity (Wildman–Crippen MR) is 82.2 cm³/mol. The molecule has 118 valence electrons. The Kier molecular flexibility index (Phi) is 6.64. The summed E-state index contributed by atoms with van der Waals surface area (Å²) in [6, 6.07) is 4.15. The molecule has 0 unspecified atom stereocenters. The van der Waals surface area contributed by atoms with E-state index in [1.54, 1.807) is 6.92 Å². The first-order valence-electron chi connectivity index (χ1n) is 6.63. The molecular weight excluding hydrogens is 314 g/mol. The van der Waals surface area contributed by atoms with Crippen molar-refractivity contribution in [1.29, 1.82) is 0 Å². The van der Waals surface area contributed by atoms with Crippen molar-refractivity contribution in [1.82, 2.24) is 5.32 Å². The largest absolute Gasteiger partial charge is 0.379 e. The Balaban J connectivity index is 2.59. The lowest BCUT2D eigenvalue weighted by molar-refractivity contribution is 0.0885. The minimum absolute atomic E-state index is 0.0153. The van der Waals surface area contributed by atoms with E-state index in [1.165, 1.54) is 18.2 Å². The van der Waals surface area contributed by atoms with E-state index >= 15 is 0 Å². The molecule has 0 aliphatic rings. The zero-order valence-corrected chi connectivity index (χ0v) is 13.9. The molecule has 0 radical (unpaired) electrons. The van der Waals surface area contributed by atoms with Gasteiger partial charge in [0.2, 0.25) is 0 Å². The maximum absolute atomic E-state index is 12.0. The van der Waals surface area contributed by atoms with Crippen LogP contribution in [0.5, 0.6) is 0 Å². The van der Waals surface area contributed by atoms with Gasteiger partial charge in [0.15, 0.2) is 0 Å². The van der Waals surface area contributed by atoms with E-state index in [1.807, 2.05) is 0 Å². The molecule has 0 aliphatic heterocycles. The summed E-state index contributed by atoms with van der Waals surface area (Å²) in [4.78, 5) is 12.0. The lowest BCUT2D eigenvalue weighted by Crippen LogP contribution is -2.28. The SMILES string of the molecule is Cc1cc(S(=O)(=O)Cl)ccc1C(=O)NCCOCC(C)C. The summed E-state index contributed by atoms with van der Waals surface area (Å²) in [6.07, 6.45) is 0. The van der Waals surface area contributed by atoms with E-state index in [2.05, 4.69) is 19.2 Å². The lowest BCUT2D eigenvalue weighted by Gasteiger charge is -2.10. The van der Waals surface area contributed by atoms with Crippen LogP contribution in [0.2, 0.25) is 0 Å². The van der Waals surface area contributed by atoms with Crippen molar-refractivity contribution in [2.45, 2.75) is 25.7 Å². The zero-order valence-electron chi connectivity index (χ0n) is 12.3. The number of benzene rings is 1. The van der Waals surface area contributed by atoms with Gasteiger partial charge in [-0.25, -0.2) is 8.42 Å². The highest BCUT2D eigenvalue weighted by atomic mass is 35.7. The molecule has 7 heteroatoms. The summed E-state index contributed by atoms with van der Waals surface area (Å²) in [5.74, 6) is 0.187. The van der Waals surface area contributed by atoms with E-state index < -0.39 is 9.05 Å². The molecule has 0 fully saturated rings. The summed E-state index contributed by atoms with van der Waals surface area (Å²) in [7, 11) is 1.48. The molecule has 0 aliphatic carbocycles. The normalized spacial score (nSPS) is 11.7. The van der Waals surface area contributed by atoms with Gasteiger partial charge in [-0.15, -0.1) is 0 Å². The van der Waals surface area contributed by atoms with Crippen LogP contribution in [0.4, 0.5) is 0 Å². The number of halogens is 1. The van der Waals surface area contributed by atoms with Gasteiger partial charge in [0.25, 0.3) is 15.0 Å². The number of hydrogen-bond donors (Lipinski definition) is 1. The van der Waals surface area contributed by atoms with Crippen molar-refractivity contribution < 1.29 is 17.9 Å². The van der Waals surface area contributed by atoms with Crippen molar-refractivity contribution in [3.8, 4) is 0 Å². The molecule has 0 spiro atoms. The van der Waals surface area contributed by atoms with Crippen LogP contribution in [0.15, 0.2) is 23.1 Å². The van der Waals surface area contributed by atoms with Gasteiger partial charge in [-0.1, -0.05) is 13.8 Å². The average molecular weight is 334 g/mol. The Hall–Kier alpha value is -1.11. The topological polar surface area (TPSA) is 72.5 Å². The number of carbonyl (C=O) groups excluding carboxylic acids is 1. The lowest BCUT2D eigenvalue weighted by atomic mass is 10.1. The molecule has 1 aromatic carbocycles. The minimum atomic E-state index is -3.78. The summed E-state index contributed by atoms with van der Waals surface area (Å²) in [6.45, 7) is 7.26. The van der Waals surface area contributed by atoms with Gasteiger partial charge in [-0.05, 0) is 36.6 Å².